The third kappa shape index (κ3) is 5.69. The molecule has 172 valence electrons. The van der Waals surface area contributed by atoms with Gasteiger partial charge in [0, 0.05) is 11.8 Å². The standard InChI is InChI=1S/C17H8BrF9N4O/c18-13-5-31(7-28-13)14-29-10(4-12(30-14)17(25,26)27)8-1-2-9(16(22,23)24)11(3-8)32-6-15(19,20)21/h1-5,7H,6H2. The lowest BCUT2D eigenvalue weighted by atomic mass is 10.1. The van der Waals surface area contributed by atoms with Gasteiger partial charge in [-0.3, -0.25) is 4.57 Å². The molecule has 0 N–H and O–H groups in total. The molecule has 3 aromatic rings. The third-order valence-electron chi connectivity index (χ3n) is 3.76. The first-order chi connectivity index (χ1) is 14.6. The van der Waals surface area contributed by atoms with Crippen molar-refractivity contribution in [1.29, 1.82) is 0 Å². The minimum absolute atomic E-state index is 0.234. The molecule has 0 saturated heterocycles. The second-order valence-corrected chi connectivity index (χ2v) is 6.96. The Kier molecular flexibility index (Phi) is 6.14. The molecule has 0 saturated carbocycles. The molecule has 5 nitrogen and oxygen atoms in total. The minimum atomic E-state index is -5.07. The van der Waals surface area contributed by atoms with Gasteiger partial charge < -0.3 is 4.74 Å². The Labute approximate surface area is 181 Å². The van der Waals surface area contributed by atoms with Crippen molar-refractivity contribution in [3.8, 4) is 23.0 Å². The topological polar surface area (TPSA) is 52.8 Å². The Morgan fingerprint density at radius 1 is 0.906 bits per heavy atom. The van der Waals surface area contributed by atoms with Crippen LogP contribution >= 0.6 is 15.9 Å². The van der Waals surface area contributed by atoms with Crippen molar-refractivity contribution in [1.82, 2.24) is 19.5 Å². The van der Waals surface area contributed by atoms with E-state index in [1.54, 1.807) is 0 Å². The Morgan fingerprint density at radius 3 is 2.12 bits per heavy atom. The highest BCUT2D eigenvalue weighted by Crippen LogP contribution is 2.39. The molecule has 32 heavy (non-hydrogen) atoms. The average molecular weight is 535 g/mol. The van der Waals surface area contributed by atoms with Crippen molar-refractivity contribution in [2.75, 3.05) is 6.61 Å². The van der Waals surface area contributed by atoms with Gasteiger partial charge in [0.1, 0.15) is 16.7 Å². The molecule has 2 aromatic heterocycles. The zero-order chi connectivity index (χ0) is 23.9. The first kappa shape index (κ1) is 23.8. The fourth-order valence-electron chi connectivity index (χ4n) is 2.45. The lowest BCUT2D eigenvalue weighted by molar-refractivity contribution is -0.158. The second kappa shape index (κ2) is 8.26. The van der Waals surface area contributed by atoms with E-state index in [0.717, 1.165) is 17.0 Å². The van der Waals surface area contributed by atoms with Gasteiger partial charge in [0.05, 0.1) is 11.3 Å². The van der Waals surface area contributed by atoms with Gasteiger partial charge >= 0.3 is 18.5 Å². The van der Waals surface area contributed by atoms with Crippen LogP contribution in [0.3, 0.4) is 0 Å². The molecule has 15 heteroatoms. The monoisotopic (exact) mass is 534 g/mol. The number of ether oxygens (including phenoxy) is 1. The van der Waals surface area contributed by atoms with Crippen LogP contribution in [0.15, 0.2) is 41.4 Å². The van der Waals surface area contributed by atoms with Crippen LogP contribution in [0.4, 0.5) is 39.5 Å². The van der Waals surface area contributed by atoms with Crippen molar-refractivity contribution in [2.45, 2.75) is 18.5 Å². The van der Waals surface area contributed by atoms with Gasteiger partial charge in [0.15, 0.2) is 12.3 Å². The van der Waals surface area contributed by atoms with Crippen LogP contribution in [0.2, 0.25) is 0 Å². The molecule has 0 amide bonds. The summed E-state index contributed by atoms with van der Waals surface area (Å²) in [6, 6.07) is 2.14. The smallest absolute Gasteiger partial charge is 0.433 e. The number of hydrogen-bond donors (Lipinski definition) is 0. The van der Waals surface area contributed by atoms with Crippen molar-refractivity contribution < 1.29 is 44.3 Å². The maximum atomic E-state index is 13.3. The molecule has 0 bridgehead atoms. The third-order valence-corrected chi connectivity index (χ3v) is 4.17. The number of rotatable bonds is 4. The quantitative estimate of drug-likeness (QED) is 0.381. The SMILES string of the molecule is FC(F)(F)COc1cc(-c2cc(C(F)(F)F)nc(-n3cnc(Br)c3)n2)ccc1C(F)(F)F. The molecule has 0 spiro atoms. The summed E-state index contributed by atoms with van der Waals surface area (Å²) >= 11 is 3.00. The molecule has 0 aliphatic heterocycles. The van der Waals surface area contributed by atoms with Gasteiger partial charge in [0.2, 0.25) is 5.95 Å². The number of aromatic nitrogens is 4. The molecule has 3 rings (SSSR count). The van der Waals surface area contributed by atoms with E-state index in [1.807, 2.05) is 0 Å². The Hall–Kier alpha value is -2.84. The van der Waals surface area contributed by atoms with Gasteiger partial charge in [-0.2, -0.15) is 39.5 Å². The van der Waals surface area contributed by atoms with Crippen LogP contribution in [0.25, 0.3) is 17.2 Å². The van der Waals surface area contributed by atoms with E-state index < -0.39 is 53.8 Å². The lowest BCUT2D eigenvalue weighted by Crippen LogP contribution is -2.21. The summed E-state index contributed by atoms with van der Waals surface area (Å²) in [4.78, 5) is 11.0. The van der Waals surface area contributed by atoms with E-state index >= 15 is 0 Å². The van der Waals surface area contributed by atoms with Gasteiger partial charge in [-0.15, -0.1) is 0 Å². The molecular weight excluding hydrogens is 527 g/mol. The zero-order valence-electron chi connectivity index (χ0n) is 15.1. The molecule has 0 aliphatic carbocycles. The zero-order valence-corrected chi connectivity index (χ0v) is 16.7. The largest absolute Gasteiger partial charge is 0.483 e. The lowest BCUT2D eigenvalue weighted by Gasteiger charge is -2.17. The summed E-state index contributed by atoms with van der Waals surface area (Å²) in [6.07, 6.45) is -12.7. The Bertz CT molecular complexity index is 1120. The number of halogens is 10. The van der Waals surface area contributed by atoms with Crippen molar-refractivity contribution >= 4 is 15.9 Å². The van der Waals surface area contributed by atoms with Crippen LogP contribution in [0, 0.1) is 0 Å². The highest BCUT2D eigenvalue weighted by molar-refractivity contribution is 9.10. The van der Waals surface area contributed by atoms with Crippen LogP contribution in [-0.4, -0.2) is 32.3 Å². The number of imidazole rings is 1. The fourth-order valence-corrected chi connectivity index (χ4v) is 2.76. The van der Waals surface area contributed by atoms with Gasteiger partial charge in [-0.1, -0.05) is 6.07 Å². The summed E-state index contributed by atoms with van der Waals surface area (Å²) in [5.74, 6) is -1.74. The fraction of sp³-hybridized carbons (Fsp3) is 0.235. The molecule has 2 heterocycles. The number of nitrogens with zero attached hydrogens (tertiary/aromatic N) is 4. The van der Waals surface area contributed by atoms with Crippen LogP contribution < -0.4 is 4.74 Å². The highest BCUT2D eigenvalue weighted by atomic mass is 79.9. The minimum Gasteiger partial charge on any atom is -0.483 e. The first-order valence-electron chi connectivity index (χ1n) is 8.21. The molecule has 0 radical (unpaired) electrons. The molecule has 0 atom stereocenters. The van der Waals surface area contributed by atoms with E-state index in [1.165, 1.54) is 6.20 Å². The Balaban J connectivity index is 2.15. The maximum absolute atomic E-state index is 13.3. The normalized spacial score (nSPS) is 12.8. The summed E-state index contributed by atoms with van der Waals surface area (Å²) in [6.45, 7) is -2.04. The molecule has 0 aliphatic rings. The second-order valence-electron chi connectivity index (χ2n) is 6.15. The summed E-state index contributed by atoms with van der Waals surface area (Å²) in [5.41, 5.74) is -3.82. The maximum Gasteiger partial charge on any atom is 0.433 e. The van der Waals surface area contributed by atoms with Crippen LogP contribution in [0.1, 0.15) is 11.3 Å². The molecular formula is C17H8BrF9N4O. The van der Waals surface area contributed by atoms with Crippen LogP contribution in [0.5, 0.6) is 5.75 Å². The Morgan fingerprint density at radius 2 is 1.59 bits per heavy atom. The predicted octanol–water partition coefficient (Wildman–Crippen LogP) is 6.07. The number of hydrogen-bond acceptors (Lipinski definition) is 4. The first-order valence-corrected chi connectivity index (χ1v) is 9.00. The molecule has 0 fully saturated rings. The molecule has 0 unspecified atom stereocenters. The van der Waals surface area contributed by atoms with Crippen molar-refractivity contribution in [3.05, 3.63) is 52.7 Å². The number of alkyl halides is 9. The number of benzene rings is 1. The van der Waals surface area contributed by atoms with E-state index in [0.29, 0.717) is 18.2 Å². The van der Waals surface area contributed by atoms with E-state index in [9.17, 15) is 39.5 Å². The van der Waals surface area contributed by atoms with E-state index in [-0.39, 0.29) is 10.2 Å². The average Bonchev–Trinajstić information content (AvgIpc) is 3.10. The predicted molar refractivity (Wildman–Crippen MR) is 93.8 cm³/mol. The van der Waals surface area contributed by atoms with Crippen molar-refractivity contribution in [3.63, 3.8) is 0 Å². The summed E-state index contributed by atoms with van der Waals surface area (Å²) in [7, 11) is 0. The van der Waals surface area contributed by atoms with Gasteiger partial charge in [-0.05, 0) is 34.1 Å². The van der Waals surface area contributed by atoms with E-state index in [2.05, 4.69) is 35.6 Å². The van der Waals surface area contributed by atoms with Gasteiger partial charge in [0.25, 0.3) is 0 Å². The van der Waals surface area contributed by atoms with Crippen LogP contribution in [-0.2, 0) is 12.4 Å². The summed E-state index contributed by atoms with van der Waals surface area (Å²) in [5, 5.41) is 0. The highest BCUT2D eigenvalue weighted by Gasteiger charge is 2.37. The summed E-state index contributed by atoms with van der Waals surface area (Å²) < 4.78 is 122. The van der Waals surface area contributed by atoms with E-state index in [4.69, 9.17) is 0 Å². The van der Waals surface area contributed by atoms with Gasteiger partial charge in [-0.25, -0.2) is 15.0 Å². The molecule has 1 aromatic carbocycles. The van der Waals surface area contributed by atoms with Crippen molar-refractivity contribution in [2.24, 2.45) is 0 Å².